The maximum absolute atomic E-state index is 12.4. The molecule has 1 aromatic carbocycles. The van der Waals surface area contributed by atoms with Crippen LogP contribution in [0.25, 0.3) is 0 Å². The van der Waals surface area contributed by atoms with Crippen LogP contribution in [0.2, 0.25) is 0 Å². The van der Waals surface area contributed by atoms with E-state index in [-0.39, 0.29) is 12.5 Å². The van der Waals surface area contributed by atoms with Crippen LogP contribution in [0.4, 0.5) is 4.79 Å². The number of carbonyl (C=O) groups excluding carboxylic acids is 2. The van der Waals surface area contributed by atoms with Crippen molar-refractivity contribution in [2.24, 2.45) is 11.8 Å². The molecule has 0 saturated carbocycles. The van der Waals surface area contributed by atoms with E-state index in [0.717, 1.165) is 10.6 Å². The van der Waals surface area contributed by atoms with E-state index in [1.165, 1.54) is 0 Å². The zero-order chi connectivity index (χ0) is 18.3. The number of hydrazine groups is 1. The molecule has 24 heavy (non-hydrogen) atoms. The molecular formula is C18H28N2O4. The van der Waals surface area contributed by atoms with Crippen molar-refractivity contribution >= 4 is 12.1 Å². The van der Waals surface area contributed by atoms with Gasteiger partial charge in [0.1, 0.15) is 18.2 Å². The Bertz CT molecular complexity index is 538. The lowest BCUT2D eigenvalue weighted by Crippen LogP contribution is -2.52. The fourth-order valence-corrected chi connectivity index (χ4v) is 2.04. The second-order valence-electron chi connectivity index (χ2n) is 7.13. The number of carbonyl (C=O) groups is 2. The second-order valence-corrected chi connectivity index (χ2v) is 7.13. The van der Waals surface area contributed by atoms with Gasteiger partial charge in [-0.25, -0.2) is 20.4 Å². The fourth-order valence-electron chi connectivity index (χ4n) is 2.04. The van der Waals surface area contributed by atoms with Crippen LogP contribution in [0.3, 0.4) is 0 Å². The molecule has 6 nitrogen and oxygen atoms in total. The molecule has 0 aliphatic heterocycles. The highest BCUT2D eigenvalue weighted by Crippen LogP contribution is 2.16. The van der Waals surface area contributed by atoms with Crippen molar-refractivity contribution in [1.29, 1.82) is 0 Å². The van der Waals surface area contributed by atoms with E-state index in [1.807, 2.05) is 44.2 Å². The molecule has 1 rings (SSSR count). The van der Waals surface area contributed by atoms with Gasteiger partial charge >= 0.3 is 12.1 Å². The number of hydrogen-bond acceptors (Lipinski definition) is 5. The van der Waals surface area contributed by atoms with Crippen LogP contribution in [0, 0.1) is 5.92 Å². The fraction of sp³-hybridized carbons (Fsp3) is 0.556. The Balaban J connectivity index is 2.75. The third-order valence-electron chi connectivity index (χ3n) is 3.13. The van der Waals surface area contributed by atoms with Crippen LogP contribution < -0.4 is 5.84 Å². The summed E-state index contributed by atoms with van der Waals surface area (Å²) in [5, 5.41) is 0.832. The van der Waals surface area contributed by atoms with E-state index < -0.39 is 23.7 Å². The van der Waals surface area contributed by atoms with E-state index in [2.05, 4.69) is 0 Å². The molecule has 0 spiro atoms. The van der Waals surface area contributed by atoms with Crippen LogP contribution in [-0.2, 0) is 20.9 Å². The molecular weight excluding hydrogens is 308 g/mol. The zero-order valence-electron chi connectivity index (χ0n) is 15.1. The quantitative estimate of drug-likeness (QED) is 0.373. The van der Waals surface area contributed by atoms with Crippen molar-refractivity contribution in [3.63, 3.8) is 0 Å². The maximum atomic E-state index is 12.4. The smallest absolute Gasteiger partial charge is 0.425 e. The normalized spacial score (nSPS) is 12.6. The molecule has 0 aromatic heterocycles. The summed E-state index contributed by atoms with van der Waals surface area (Å²) in [5.74, 6) is 5.46. The van der Waals surface area contributed by atoms with Gasteiger partial charge in [0.05, 0.1) is 0 Å². The first-order valence-corrected chi connectivity index (χ1v) is 8.07. The minimum absolute atomic E-state index is 0.135. The molecule has 1 unspecified atom stereocenters. The molecule has 0 aliphatic rings. The summed E-state index contributed by atoms with van der Waals surface area (Å²) >= 11 is 0. The van der Waals surface area contributed by atoms with Gasteiger partial charge in [0.25, 0.3) is 0 Å². The number of hydrogen-bond donors (Lipinski definition) is 1. The minimum Gasteiger partial charge on any atom is -0.459 e. The first-order chi connectivity index (χ1) is 11.1. The topological polar surface area (TPSA) is 81.9 Å². The van der Waals surface area contributed by atoms with Gasteiger partial charge in [-0.2, -0.15) is 0 Å². The van der Waals surface area contributed by atoms with Crippen molar-refractivity contribution < 1.29 is 19.1 Å². The lowest BCUT2D eigenvalue weighted by atomic mass is 10.0. The largest absolute Gasteiger partial charge is 0.459 e. The molecule has 2 N–H and O–H groups in total. The van der Waals surface area contributed by atoms with Crippen LogP contribution >= 0.6 is 0 Å². The summed E-state index contributed by atoms with van der Waals surface area (Å²) in [4.78, 5) is 24.5. The van der Waals surface area contributed by atoms with Crippen molar-refractivity contribution in [3.05, 3.63) is 35.9 Å². The molecule has 0 fully saturated rings. The summed E-state index contributed by atoms with van der Waals surface area (Å²) in [6, 6.07) is 8.45. The summed E-state index contributed by atoms with van der Waals surface area (Å²) in [6.07, 6.45) is -0.353. The molecule has 134 valence electrons. The summed E-state index contributed by atoms with van der Waals surface area (Å²) in [7, 11) is 0. The van der Waals surface area contributed by atoms with Crippen molar-refractivity contribution in [2.45, 2.75) is 59.3 Å². The highest BCUT2D eigenvalue weighted by atomic mass is 16.6. The molecule has 1 atom stereocenters. The van der Waals surface area contributed by atoms with Gasteiger partial charge in [-0.05, 0) is 38.7 Å². The zero-order valence-corrected chi connectivity index (χ0v) is 15.1. The van der Waals surface area contributed by atoms with Crippen molar-refractivity contribution in [3.8, 4) is 0 Å². The molecule has 0 heterocycles. The third kappa shape index (κ3) is 7.00. The predicted octanol–water partition coefficient (Wildman–Crippen LogP) is 3.26. The number of esters is 1. The average molecular weight is 336 g/mol. The monoisotopic (exact) mass is 336 g/mol. The molecule has 1 amide bonds. The lowest BCUT2D eigenvalue weighted by Gasteiger charge is -2.29. The van der Waals surface area contributed by atoms with Gasteiger partial charge in [-0.3, -0.25) is 0 Å². The Labute approximate surface area is 143 Å². The van der Waals surface area contributed by atoms with Crippen molar-refractivity contribution in [2.75, 3.05) is 0 Å². The highest BCUT2D eigenvalue weighted by molar-refractivity contribution is 5.81. The van der Waals surface area contributed by atoms with Crippen LogP contribution in [0.15, 0.2) is 30.3 Å². The first kappa shape index (κ1) is 20.0. The van der Waals surface area contributed by atoms with Crippen molar-refractivity contribution in [1.82, 2.24) is 5.01 Å². The van der Waals surface area contributed by atoms with E-state index in [1.54, 1.807) is 20.8 Å². The second kappa shape index (κ2) is 8.68. The predicted molar refractivity (Wildman–Crippen MR) is 91.7 cm³/mol. The SMILES string of the molecule is CC(C)CC(C(=O)OCc1ccccc1)N(N)C(=O)OC(C)(C)C. The average Bonchev–Trinajstić information content (AvgIpc) is 2.48. The molecule has 0 saturated heterocycles. The standard InChI is InChI=1S/C18H28N2O4/c1-13(2)11-15(20(19)17(22)24-18(3,4)5)16(21)23-12-14-9-7-6-8-10-14/h6-10,13,15H,11-12,19H2,1-5H3. The van der Waals surface area contributed by atoms with Gasteiger partial charge in [-0.15, -0.1) is 0 Å². The molecule has 1 aromatic rings. The number of rotatable bonds is 6. The lowest BCUT2D eigenvalue weighted by molar-refractivity contribution is -0.152. The Morgan fingerprint density at radius 1 is 1.17 bits per heavy atom. The van der Waals surface area contributed by atoms with Crippen LogP contribution in [0.5, 0.6) is 0 Å². The van der Waals surface area contributed by atoms with E-state index in [9.17, 15) is 9.59 Å². The summed E-state index contributed by atoms with van der Waals surface area (Å²) in [5.41, 5.74) is 0.181. The Kier molecular flexibility index (Phi) is 7.22. The maximum Gasteiger partial charge on any atom is 0.425 e. The minimum atomic E-state index is -0.886. The number of ether oxygens (including phenoxy) is 2. The molecule has 6 heteroatoms. The summed E-state index contributed by atoms with van der Waals surface area (Å²) < 4.78 is 10.6. The number of benzene rings is 1. The van der Waals surface area contributed by atoms with E-state index >= 15 is 0 Å². The van der Waals surface area contributed by atoms with Gasteiger partial charge in [0.15, 0.2) is 0 Å². The van der Waals surface area contributed by atoms with Crippen LogP contribution in [-0.4, -0.2) is 28.7 Å². The summed E-state index contributed by atoms with van der Waals surface area (Å²) in [6.45, 7) is 9.25. The number of amides is 1. The van der Waals surface area contributed by atoms with Crippen LogP contribution in [0.1, 0.15) is 46.6 Å². The van der Waals surface area contributed by atoms with Gasteiger partial charge in [0.2, 0.25) is 0 Å². The Morgan fingerprint density at radius 3 is 2.25 bits per heavy atom. The van der Waals surface area contributed by atoms with E-state index in [0.29, 0.717) is 6.42 Å². The van der Waals surface area contributed by atoms with Gasteiger partial charge < -0.3 is 9.47 Å². The van der Waals surface area contributed by atoms with E-state index in [4.69, 9.17) is 15.3 Å². The Morgan fingerprint density at radius 2 is 1.75 bits per heavy atom. The first-order valence-electron chi connectivity index (χ1n) is 8.07. The third-order valence-corrected chi connectivity index (χ3v) is 3.13. The molecule has 0 radical (unpaired) electrons. The van der Waals surface area contributed by atoms with Gasteiger partial charge in [-0.1, -0.05) is 44.2 Å². The number of nitrogens with two attached hydrogens (primary N) is 1. The number of nitrogens with zero attached hydrogens (tertiary/aromatic N) is 1. The Hall–Kier alpha value is -2.08. The highest BCUT2D eigenvalue weighted by Gasteiger charge is 2.32. The molecule has 0 aliphatic carbocycles. The van der Waals surface area contributed by atoms with Gasteiger partial charge in [0, 0.05) is 0 Å². The molecule has 0 bridgehead atoms.